The first-order valence-corrected chi connectivity index (χ1v) is 6.11. The van der Waals surface area contributed by atoms with Gasteiger partial charge in [-0.05, 0) is 36.4 Å². The molecule has 2 rings (SSSR count). The molecule has 0 heterocycles. The lowest BCUT2D eigenvalue weighted by Gasteiger charge is -2.02. The van der Waals surface area contributed by atoms with E-state index in [1.54, 1.807) is 0 Å². The van der Waals surface area contributed by atoms with Crippen LogP contribution in [0.2, 0.25) is 0 Å². The number of methoxy groups -OCH3 is 1. The van der Waals surface area contributed by atoms with Crippen LogP contribution in [0.5, 0.6) is 23.0 Å². The molecular formula is C15H14O8. The molecule has 0 radical (unpaired) electrons. The van der Waals surface area contributed by atoms with E-state index in [2.05, 4.69) is 0 Å². The standard InChI is InChI=1S/C8H8O4.C7H6O4/c1-12-7-4-5(8(10)11)2-3-6(7)9;8-5-2-1-4(7(10)11)3-6(5)9/h2-4,9H,1H3,(H,10,11);1-3,8-9H,(H,10,11). The topological polar surface area (TPSA) is 145 Å². The lowest BCUT2D eigenvalue weighted by atomic mass is 10.2. The van der Waals surface area contributed by atoms with Crippen LogP contribution in [0, 0.1) is 0 Å². The number of rotatable bonds is 3. The van der Waals surface area contributed by atoms with Gasteiger partial charge in [0, 0.05) is 0 Å². The highest BCUT2D eigenvalue weighted by Crippen LogP contribution is 2.26. The van der Waals surface area contributed by atoms with Crippen LogP contribution >= 0.6 is 0 Å². The second-order valence-corrected chi connectivity index (χ2v) is 4.20. The fourth-order valence-electron chi connectivity index (χ4n) is 1.47. The fourth-order valence-corrected chi connectivity index (χ4v) is 1.47. The van der Waals surface area contributed by atoms with Gasteiger partial charge in [0.05, 0.1) is 18.2 Å². The van der Waals surface area contributed by atoms with E-state index in [9.17, 15) is 9.59 Å². The maximum atomic E-state index is 10.4. The van der Waals surface area contributed by atoms with Gasteiger partial charge in [-0.25, -0.2) is 9.59 Å². The van der Waals surface area contributed by atoms with Gasteiger partial charge in [0.1, 0.15) is 0 Å². The van der Waals surface area contributed by atoms with Crippen molar-refractivity contribution in [2.24, 2.45) is 0 Å². The highest BCUT2D eigenvalue weighted by Gasteiger charge is 2.07. The van der Waals surface area contributed by atoms with Gasteiger partial charge in [-0.2, -0.15) is 0 Å². The molecule has 0 spiro atoms. The van der Waals surface area contributed by atoms with E-state index < -0.39 is 17.7 Å². The molecule has 0 bridgehead atoms. The molecule has 0 saturated carbocycles. The SMILES string of the molecule is COc1cc(C(=O)O)ccc1O.O=C(O)c1ccc(O)c(O)c1. The fraction of sp³-hybridized carbons (Fsp3) is 0.0667. The molecule has 0 fully saturated rings. The predicted octanol–water partition coefficient (Wildman–Crippen LogP) is 1.90. The van der Waals surface area contributed by atoms with Gasteiger partial charge < -0.3 is 30.3 Å². The van der Waals surface area contributed by atoms with Crippen molar-refractivity contribution in [1.82, 2.24) is 0 Å². The van der Waals surface area contributed by atoms with Crippen molar-refractivity contribution < 1.29 is 39.9 Å². The summed E-state index contributed by atoms with van der Waals surface area (Å²) in [6, 6.07) is 7.16. The van der Waals surface area contributed by atoms with E-state index in [0.29, 0.717) is 0 Å². The highest BCUT2D eigenvalue weighted by atomic mass is 16.5. The minimum absolute atomic E-state index is 0.0553. The van der Waals surface area contributed by atoms with Crippen molar-refractivity contribution in [3.05, 3.63) is 47.5 Å². The largest absolute Gasteiger partial charge is 0.504 e. The first-order valence-electron chi connectivity index (χ1n) is 6.11. The normalized spacial score (nSPS) is 9.43. The Morgan fingerprint density at radius 1 is 0.783 bits per heavy atom. The van der Waals surface area contributed by atoms with Crippen LogP contribution in [0.25, 0.3) is 0 Å². The van der Waals surface area contributed by atoms with Crippen molar-refractivity contribution in [2.75, 3.05) is 7.11 Å². The van der Waals surface area contributed by atoms with Crippen molar-refractivity contribution >= 4 is 11.9 Å². The summed E-state index contributed by atoms with van der Waals surface area (Å²) in [4.78, 5) is 20.7. The van der Waals surface area contributed by atoms with Crippen molar-refractivity contribution in [1.29, 1.82) is 0 Å². The highest BCUT2D eigenvalue weighted by molar-refractivity contribution is 5.88. The summed E-state index contributed by atoms with van der Waals surface area (Å²) in [5.41, 5.74) is 0.0324. The Balaban J connectivity index is 0.000000231. The van der Waals surface area contributed by atoms with E-state index in [4.69, 9.17) is 30.3 Å². The van der Waals surface area contributed by atoms with Gasteiger partial charge in [-0.3, -0.25) is 0 Å². The van der Waals surface area contributed by atoms with Gasteiger partial charge in [-0.15, -0.1) is 0 Å². The number of phenols is 3. The average molecular weight is 322 g/mol. The number of carbonyl (C=O) groups is 2. The van der Waals surface area contributed by atoms with E-state index in [1.807, 2.05) is 0 Å². The summed E-state index contributed by atoms with van der Waals surface area (Å²) in [6.07, 6.45) is 0. The zero-order valence-electron chi connectivity index (χ0n) is 11.9. The predicted molar refractivity (Wildman–Crippen MR) is 78.3 cm³/mol. The number of ether oxygens (including phenoxy) is 1. The number of aromatic hydroxyl groups is 3. The molecule has 5 N–H and O–H groups in total. The van der Waals surface area contributed by atoms with Crippen LogP contribution in [0.3, 0.4) is 0 Å². The third kappa shape index (κ3) is 4.81. The van der Waals surface area contributed by atoms with Gasteiger partial charge in [0.15, 0.2) is 23.0 Å². The molecule has 122 valence electrons. The minimum Gasteiger partial charge on any atom is -0.504 e. The van der Waals surface area contributed by atoms with E-state index in [0.717, 1.165) is 12.1 Å². The second kappa shape index (κ2) is 7.55. The monoisotopic (exact) mass is 322 g/mol. The maximum absolute atomic E-state index is 10.4. The molecule has 0 aromatic heterocycles. The molecule has 8 heteroatoms. The zero-order valence-corrected chi connectivity index (χ0v) is 11.9. The molecule has 8 nitrogen and oxygen atoms in total. The van der Waals surface area contributed by atoms with E-state index in [-0.39, 0.29) is 28.4 Å². The van der Waals surface area contributed by atoms with E-state index >= 15 is 0 Å². The number of hydrogen-bond acceptors (Lipinski definition) is 6. The van der Waals surface area contributed by atoms with Crippen LogP contribution < -0.4 is 4.74 Å². The molecule has 0 unspecified atom stereocenters. The Morgan fingerprint density at radius 3 is 1.70 bits per heavy atom. The number of carboxylic acid groups (broad SMARTS) is 2. The van der Waals surface area contributed by atoms with Crippen LogP contribution in [-0.4, -0.2) is 44.6 Å². The number of phenolic OH excluding ortho intramolecular Hbond substituents is 3. The number of aromatic carboxylic acids is 2. The molecule has 23 heavy (non-hydrogen) atoms. The summed E-state index contributed by atoms with van der Waals surface area (Å²) in [5.74, 6) is -2.84. The first-order chi connectivity index (χ1) is 10.8. The van der Waals surface area contributed by atoms with Gasteiger partial charge in [0.2, 0.25) is 0 Å². The quantitative estimate of drug-likeness (QED) is 0.539. The Labute approximate surface area is 130 Å². The zero-order chi connectivity index (χ0) is 17.6. The number of benzene rings is 2. The molecule has 0 aliphatic carbocycles. The van der Waals surface area contributed by atoms with Crippen molar-refractivity contribution in [3.63, 3.8) is 0 Å². The second-order valence-electron chi connectivity index (χ2n) is 4.20. The minimum atomic E-state index is -1.14. The third-order valence-corrected chi connectivity index (χ3v) is 2.65. The summed E-state index contributed by atoms with van der Waals surface area (Å²) < 4.78 is 4.72. The van der Waals surface area contributed by atoms with Gasteiger partial charge in [-0.1, -0.05) is 0 Å². The summed E-state index contributed by atoms with van der Waals surface area (Å²) in [7, 11) is 1.36. The molecule has 0 aliphatic rings. The molecule has 0 saturated heterocycles. The molecule has 0 aliphatic heterocycles. The molecule has 2 aromatic rings. The number of carboxylic acids is 2. The lowest BCUT2D eigenvalue weighted by Crippen LogP contribution is -1.96. The Kier molecular flexibility index (Phi) is 5.79. The first kappa shape index (κ1) is 17.6. The number of hydrogen-bond donors (Lipinski definition) is 5. The third-order valence-electron chi connectivity index (χ3n) is 2.65. The lowest BCUT2D eigenvalue weighted by molar-refractivity contribution is 0.0685. The van der Waals surface area contributed by atoms with Crippen LogP contribution in [0.1, 0.15) is 20.7 Å². The smallest absolute Gasteiger partial charge is 0.335 e. The molecular weight excluding hydrogens is 308 g/mol. The Bertz CT molecular complexity index is 723. The molecule has 2 aromatic carbocycles. The summed E-state index contributed by atoms with van der Waals surface area (Å²) >= 11 is 0. The average Bonchev–Trinajstić information content (AvgIpc) is 2.50. The van der Waals surface area contributed by atoms with Crippen LogP contribution in [0.4, 0.5) is 0 Å². The van der Waals surface area contributed by atoms with Crippen molar-refractivity contribution in [2.45, 2.75) is 0 Å². The van der Waals surface area contributed by atoms with Crippen LogP contribution in [0.15, 0.2) is 36.4 Å². The van der Waals surface area contributed by atoms with Gasteiger partial charge in [0.25, 0.3) is 0 Å². The van der Waals surface area contributed by atoms with Crippen LogP contribution in [-0.2, 0) is 0 Å². The van der Waals surface area contributed by atoms with Gasteiger partial charge >= 0.3 is 11.9 Å². The van der Waals surface area contributed by atoms with E-state index in [1.165, 1.54) is 31.4 Å². The molecule has 0 atom stereocenters. The summed E-state index contributed by atoms with van der Waals surface area (Å²) in [5, 5.41) is 43.7. The Hall–Kier alpha value is -3.42. The van der Waals surface area contributed by atoms with Crippen molar-refractivity contribution in [3.8, 4) is 23.0 Å². The maximum Gasteiger partial charge on any atom is 0.335 e. The molecule has 0 amide bonds. The Morgan fingerprint density at radius 2 is 1.26 bits per heavy atom. The summed E-state index contributed by atoms with van der Waals surface area (Å²) in [6.45, 7) is 0.